The highest BCUT2D eigenvalue weighted by Crippen LogP contribution is 2.25. The number of nitrogens with one attached hydrogen (secondary N) is 2. The summed E-state index contributed by atoms with van der Waals surface area (Å²) in [5, 5.41) is 6.62. The molecule has 5 rings (SSSR count). The van der Waals surface area contributed by atoms with Crippen molar-refractivity contribution in [2.75, 3.05) is 10.6 Å². The van der Waals surface area contributed by atoms with E-state index in [1.165, 1.54) is 21.5 Å². The number of halogens is 2. The average Bonchev–Trinajstić information content (AvgIpc) is 3.37. The summed E-state index contributed by atoms with van der Waals surface area (Å²) in [6, 6.07) is 3.95. The lowest BCUT2D eigenvalue weighted by atomic mass is 10.2. The number of aryl methyl sites for hydroxylation is 1. The first-order valence-electron chi connectivity index (χ1n) is 10.6. The topological polar surface area (TPSA) is 125 Å². The van der Waals surface area contributed by atoms with Crippen molar-refractivity contribution in [3.05, 3.63) is 53.6 Å². The van der Waals surface area contributed by atoms with Crippen molar-refractivity contribution in [1.29, 1.82) is 0 Å². The van der Waals surface area contributed by atoms with Crippen LogP contribution in [0, 0.1) is 0 Å². The van der Waals surface area contributed by atoms with Gasteiger partial charge in [0.1, 0.15) is 5.82 Å². The molecule has 0 bridgehead atoms. The Labute approximate surface area is 191 Å². The Balaban J connectivity index is 1.21. The molecule has 1 aliphatic carbocycles. The van der Waals surface area contributed by atoms with Gasteiger partial charge in [0.25, 0.3) is 0 Å². The van der Waals surface area contributed by atoms with Crippen LogP contribution in [-0.4, -0.2) is 52.7 Å². The number of imidazole rings is 1. The van der Waals surface area contributed by atoms with Crippen molar-refractivity contribution < 1.29 is 13.5 Å². The van der Waals surface area contributed by atoms with Crippen LogP contribution in [0.5, 0.6) is 5.75 Å². The summed E-state index contributed by atoms with van der Waals surface area (Å²) in [5.74, 6) is 0.968. The molecule has 0 aromatic carbocycles. The van der Waals surface area contributed by atoms with Crippen LogP contribution in [-0.2, 0) is 7.05 Å². The van der Waals surface area contributed by atoms with E-state index >= 15 is 0 Å². The van der Waals surface area contributed by atoms with Gasteiger partial charge in [-0.1, -0.05) is 0 Å². The maximum Gasteiger partial charge on any atom is 0.387 e. The van der Waals surface area contributed by atoms with Crippen LogP contribution in [0.25, 0.3) is 17.0 Å². The molecule has 0 spiro atoms. The SMILES string of the molecule is Cn1c(=O)n(-c2ccc(N[C@H]3CC[C@H](Nc4ncc(OC(F)F)cn4)C3)nc2)c2nccnc21. The van der Waals surface area contributed by atoms with Crippen molar-refractivity contribution in [1.82, 2.24) is 34.1 Å². The smallest absolute Gasteiger partial charge is 0.387 e. The normalized spacial score (nSPS) is 17.9. The van der Waals surface area contributed by atoms with Crippen molar-refractivity contribution in [2.45, 2.75) is 38.0 Å². The average molecular weight is 469 g/mol. The fraction of sp³-hybridized carbons (Fsp3) is 0.333. The van der Waals surface area contributed by atoms with Crippen LogP contribution in [0.4, 0.5) is 20.5 Å². The number of fused-ring (bicyclic) bond motifs is 1. The minimum absolute atomic E-state index is 0.0844. The minimum atomic E-state index is -2.91. The second-order valence-electron chi connectivity index (χ2n) is 7.90. The van der Waals surface area contributed by atoms with E-state index in [2.05, 4.69) is 40.3 Å². The standard InChI is InChI=1S/C21H21F2N9O2/c1-31-17-18(25-7-6-24-17)32(21(31)33)14-4-5-16(26-9-14)29-12-2-3-13(8-12)30-20-27-10-15(11-28-20)34-19(22)23/h4-7,9-13,19H,2-3,8H2,1H3,(H,26,29)(H,27,28,30)/t12-,13-/m0/s1. The van der Waals surface area contributed by atoms with Crippen LogP contribution in [0.2, 0.25) is 0 Å². The van der Waals surface area contributed by atoms with Crippen molar-refractivity contribution in [2.24, 2.45) is 7.05 Å². The summed E-state index contributed by atoms with van der Waals surface area (Å²) < 4.78 is 31.7. The van der Waals surface area contributed by atoms with E-state index in [0.29, 0.717) is 28.7 Å². The van der Waals surface area contributed by atoms with Gasteiger partial charge in [-0.3, -0.25) is 4.57 Å². The van der Waals surface area contributed by atoms with Gasteiger partial charge in [0.15, 0.2) is 17.0 Å². The summed E-state index contributed by atoms with van der Waals surface area (Å²) in [6.45, 7) is -2.91. The molecule has 0 amide bonds. The number of hydrogen-bond acceptors (Lipinski definition) is 9. The zero-order valence-corrected chi connectivity index (χ0v) is 18.1. The van der Waals surface area contributed by atoms with Gasteiger partial charge < -0.3 is 15.4 Å². The second kappa shape index (κ2) is 9.00. The van der Waals surface area contributed by atoms with E-state index in [4.69, 9.17) is 0 Å². The summed E-state index contributed by atoms with van der Waals surface area (Å²) >= 11 is 0. The highest BCUT2D eigenvalue weighted by atomic mass is 19.3. The van der Waals surface area contributed by atoms with Gasteiger partial charge in [-0.05, 0) is 31.4 Å². The Morgan fingerprint density at radius 1 is 0.971 bits per heavy atom. The molecule has 2 atom stereocenters. The number of rotatable bonds is 7. The molecule has 11 nitrogen and oxygen atoms in total. The molecular weight excluding hydrogens is 448 g/mol. The van der Waals surface area contributed by atoms with Gasteiger partial charge in [-0.25, -0.2) is 34.3 Å². The molecule has 13 heteroatoms. The molecule has 0 unspecified atom stereocenters. The number of alkyl halides is 2. The molecule has 4 aromatic heterocycles. The highest BCUT2D eigenvalue weighted by Gasteiger charge is 2.25. The largest absolute Gasteiger partial charge is 0.432 e. The molecule has 0 saturated heterocycles. The summed E-state index contributed by atoms with van der Waals surface area (Å²) in [5.41, 5.74) is 1.33. The third-order valence-electron chi connectivity index (χ3n) is 5.65. The predicted molar refractivity (Wildman–Crippen MR) is 119 cm³/mol. The molecule has 4 heterocycles. The maximum absolute atomic E-state index is 12.6. The van der Waals surface area contributed by atoms with E-state index in [9.17, 15) is 13.6 Å². The summed E-state index contributed by atoms with van der Waals surface area (Å²) in [7, 11) is 1.65. The Bertz CT molecular complexity index is 1340. The van der Waals surface area contributed by atoms with Crippen molar-refractivity contribution in [3.63, 3.8) is 0 Å². The molecule has 4 aromatic rings. The Morgan fingerprint density at radius 2 is 1.68 bits per heavy atom. The van der Waals surface area contributed by atoms with Crippen LogP contribution < -0.4 is 21.1 Å². The number of anilines is 2. The van der Waals surface area contributed by atoms with Gasteiger partial charge in [-0.2, -0.15) is 8.78 Å². The monoisotopic (exact) mass is 469 g/mol. The molecule has 0 aliphatic heterocycles. The first kappa shape index (κ1) is 21.7. The number of nitrogens with zero attached hydrogens (tertiary/aromatic N) is 7. The number of aromatic nitrogens is 7. The third kappa shape index (κ3) is 4.36. The predicted octanol–water partition coefficient (Wildman–Crippen LogP) is 2.35. The Hall–Kier alpha value is -4.16. The number of pyridine rings is 1. The fourth-order valence-corrected chi connectivity index (χ4v) is 4.08. The third-order valence-corrected chi connectivity index (χ3v) is 5.65. The number of ether oxygens (including phenoxy) is 1. The van der Waals surface area contributed by atoms with E-state index in [-0.39, 0.29) is 23.5 Å². The van der Waals surface area contributed by atoms with Crippen molar-refractivity contribution in [3.8, 4) is 11.4 Å². The zero-order chi connectivity index (χ0) is 23.7. The molecule has 2 N–H and O–H groups in total. The van der Waals surface area contributed by atoms with Gasteiger partial charge in [0, 0.05) is 31.5 Å². The molecule has 34 heavy (non-hydrogen) atoms. The van der Waals surface area contributed by atoms with E-state index in [1.807, 2.05) is 12.1 Å². The van der Waals surface area contributed by atoms with E-state index in [0.717, 1.165) is 19.3 Å². The summed E-state index contributed by atoms with van der Waals surface area (Å²) in [4.78, 5) is 33.7. The molecule has 0 radical (unpaired) electrons. The first-order chi connectivity index (χ1) is 16.5. The summed E-state index contributed by atoms with van der Waals surface area (Å²) in [6.07, 6.45) is 9.74. The van der Waals surface area contributed by atoms with E-state index in [1.54, 1.807) is 25.6 Å². The maximum atomic E-state index is 12.6. The molecule has 1 fully saturated rings. The van der Waals surface area contributed by atoms with Crippen LogP contribution in [0.3, 0.4) is 0 Å². The molecular formula is C21H21F2N9O2. The van der Waals surface area contributed by atoms with E-state index < -0.39 is 6.61 Å². The zero-order valence-electron chi connectivity index (χ0n) is 18.1. The Morgan fingerprint density at radius 3 is 2.35 bits per heavy atom. The quantitative estimate of drug-likeness (QED) is 0.420. The lowest BCUT2D eigenvalue weighted by Crippen LogP contribution is -2.22. The first-order valence-corrected chi connectivity index (χ1v) is 10.6. The van der Waals surface area contributed by atoms with Gasteiger partial charge in [0.2, 0.25) is 5.95 Å². The molecule has 176 valence electrons. The van der Waals surface area contributed by atoms with Crippen molar-refractivity contribution >= 4 is 23.1 Å². The van der Waals surface area contributed by atoms with Crippen LogP contribution in [0.15, 0.2) is 47.9 Å². The Kier molecular flexibility index (Phi) is 5.74. The molecule has 1 aliphatic rings. The molecule has 1 saturated carbocycles. The van der Waals surface area contributed by atoms with Crippen LogP contribution >= 0.6 is 0 Å². The lowest BCUT2D eigenvalue weighted by molar-refractivity contribution is -0.0503. The second-order valence-corrected chi connectivity index (χ2v) is 7.90. The van der Waals surface area contributed by atoms with Gasteiger partial charge >= 0.3 is 12.3 Å². The minimum Gasteiger partial charge on any atom is -0.432 e. The lowest BCUT2D eigenvalue weighted by Gasteiger charge is -2.15. The highest BCUT2D eigenvalue weighted by molar-refractivity contribution is 5.68. The van der Waals surface area contributed by atoms with Crippen LogP contribution in [0.1, 0.15) is 19.3 Å². The van der Waals surface area contributed by atoms with Gasteiger partial charge in [0.05, 0.1) is 24.3 Å². The van der Waals surface area contributed by atoms with Gasteiger partial charge in [-0.15, -0.1) is 0 Å². The fourth-order valence-electron chi connectivity index (χ4n) is 4.08. The number of hydrogen-bond donors (Lipinski definition) is 2.